The van der Waals surface area contributed by atoms with Crippen LogP contribution >= 0.6 is 11.3 Å². The molecule has 0 bridgehead atoms. The maximum absolute atomic E-state index is 11.5. The summed E-state index contributed by atoms with van der Waals surface area (Å²) in [7, 11) is 3.59. The highest BCUT2D eigenvalue weighted by Gasteiger charge is 2.11. The molecule has 1 aromatic heterocycles. The van der Waals surface area contributed by atoms with Crippen LogP contribution < -0.4 is 5.32 Å². The van der Waals surface area contributed by atoms with Crippen LogP contribution in [-0.2, 0) is 4.79 Å². The summed E-state index contributed by atoms with van der Waals surface area (Å²) in [4.78, 5) is 14.5. The van der Waals surface area contributed by atoms with E-state index in [-0.39, 0.29) is 5.91 Å². The molecule has 1 N–H and O–H groups in total. The van der Waals surface area contributed by atoms with Crippen LogP contribution in [0.15, 0.2) is 17.5 Å². The Hall–Kier alpha value is -0.870. The molecule has 1 atom stereocenters. The van der Waals surface area contributed by atoms with Crippen molar-refractivity contribution in [2.24, 2.45) is 0 Å². The highest BCUT2D eigenvalue weighted by atomic mass is 32.1. The van der Waals surface area contributed by atoms with Gasteiger partial charge in [-0.2, -0.15) is 0 Å². The number of amides is 1. The van der Waals surface area contributed by atoms with Gasteiger partial charge in [-0.15, -0.1) is 11.3 Å². The van der Waals surface area contributed by atoms with Crippen LogP contribution in [0.2, 0.25) is 0 Å². The lowest BCUT2D eigenvalue weighted by molar-refractivity contribution is -0.128. The van der Waals surface area contributed by atoms with E-state index in [0.29, 0.717) is 12.5 Å². The van der Waals surface area contributed by atoms with E-state index in [1.54, 1.807) is 30.3 Å². The fraction of sp³-hybridized carbons (Fsp3) is 0.615. The second kappa shape index (κ2) is 7.45. The number of thiophene rings is 1. The molecule has 0 fully saturated rings. The van der Waals surface area contributed by atoms with Gasteiger partial charge in [-0.05, 0) is 17.9 Å². The smallest absolute Gasteiger partial charge is 0.223 e. The van der Waals surface area contributed by atoms with Gasteiger partial charge in [0.1, 0.15) is 0 Å². The Balaban J connectivity index is 2.38. The fourth-order valence-corrected chi connectivity index (χ4v) is 2.54. The van der Waals surface area contributed by atoms with Crippen LogP contribution in [0, 0.1) is 0 Å². The number of carbonyl (C=O) groups is 1. The number of hydrogen-bond donors (Lipinski definition) is 1. The summed E-state index contributed by atoms with van der Waals surface area (Å²) in [5, 5.41) is 5.57. The molecule has 1 aromatic rings. The molecule has 0 saturated heterocycles. The molecule has 0 aliphatic heterocycles. The zero-order valence-corrected chi connectivity index (χ0v) is 11.7. The Kier molecular flexibility index (Phi) is 6.22. The standard InChI is InChI=1S/C13H22N2OS/c1-4-6-11(12-7-5-10-17-12)14-9-8-13(16)15(2)3/h5,7,10-11,14H,4,6,8-9H2,1-3H3. The van der Waals surface area contributed by atoms with Gasteiger partial charge in [0.05, 0.1) is 0 Å². The largest absolute Gasteiger partial charge is 0.349 e. The van der Waals surface area contributed by atoms with E-state index in [9.17, 15) is 4.79 Å². The molecule has 0 aliphatic rings. The van der Waals surface area contributed by atoms with Crippen molar-refractivity contribution in [1.82, 2.24) is 10.2 Å². The van der Waals surface area contributed by atoms with E-state index < -0.39 is 0 Å². The molecule has 0 aromatic carbocycles. The number of hydrogen-bond acceptors (Lipinski definition) is 3. The summed E-state index contributed by atoms with van der Waals surface area (Å²) in [5.41, 5.74) is 0. The predicted molar refractivity (Wildman–Crippen MR) is 73.3 cm³/mol. The minimum Gasteiger partial charge on any atom is -0.349 e. The zero-order chi connectivity index (χ0) is 12.7. The Morgan fingerprint density at radius 2 is 2.29 bits per heavy atom. The van der Waals surface area contributed by atoms with E-state index in [2.05, 4.69) is 29.8 Å². The van der Waals surface area contributed by atoms with Crippen molar-refractivity contribution in [3.8, 4) is 0 Å². The van der Waals surface area contributed by atoms with E-state index in [0.717, 1.165) is 19.4 Å². The van der Waals surface area contributed by atoms with E-state index in [1.807, 2.05) is 0 Å². The van der Waals surface area contributed by atoms with Crippen LogP contribution in [0.4, 0.5) is 0 Å². The highest BCUT2D eigenvalue weighted by molar-refractivity contribution is 7.10. The second-order valence-corrected chi connectivity index (χ2v) is 5.33. The van der Waals surface area contributed by atoms with E-state index in [4.69, 9.17) is 0 Å². The fourth-order valence-electron chi connectivity index (χ4n) is 1.70. The Morgan fingerprint density at radius 3 is 2.82 bits per heavy atom. The SMILES string of the molecule is CCCC(NCCC(=O)N(C)C)c1cccs1. The van der Waals surface area contributed by atoms with Crippen LogP contribution in [0.25, 0.3) is 0 Å². The molecule has 0 spiro atoms. The first kappa shape index (κ1) is 14.2. The van der Waals surface area contributed by atoms with Gasteiger partial charge in [-0.1, -0.05) is 19.4 Å². The lowest BCUT2D eigenvalue weighted by Crippen LogP contribution is -2.28. The van der Waals surface area contributed by atoms with Crippen LogP contribution in [0.5, 0.6) is 0 Å². The maximum Gasteiger partial charge on any atom is 0.223 e. The average molecular weight is 254 g/mol. The first-order valence-corrected chi connectivity index (χ1v) is 7.00. The normalized spacial score (nSPS) is 12.4. The molecule has 3 nitrogen and oxygen atoms in total. The molecule has 1 unspecified atom stereocenters. The second-order valence-electron chi connectivity index (χ2n) is 4.35. The minimum absolute atomic E-state index is 0.180. The van der Waals surface area contributed by atoms with Crippen molar-refractivity contribution in [3.05, 3.63) is 22.4 Å². The van der Waals surface area contributed by atoms with Crippen molar-refractivity contribution in [2.45, 2.75) is 32.2 Å². The molecular weight excluding hydrogens is 232 g/mol. The van der Waals surface area contributed by atoms with Crippen LogP contribution in [0.3, 0.4) is 0 Å². The number of nitrogens with one attached hydrogen (secondary N) is 1. The van der Waals surface area contributed by atoms with Gasteiger partial charge >= 0.3 is 0 Å². The van der Waals surface area contributed by atoms with Crippen molar-refractivity contribution in [1.29, 1.82) is 0 Å². The first-order valence-electron chi connectivity index (χ1n) is 6.12. The molecule has 17 heavy (non-hydrogen) atoms. The molecule has 1 rings (SSSR count). The average Bonchev–Trinajstić information content (AvgIpc) is 2.80. The van der Waals surface area contributed by atoms with E-state index in [1.165, 1.54) is 4.88 Å². The molecule has 0 aliphatic carbocycles. The topological polar surface area (TPSA) is 32.3 Å². The predicted octanol–water partition coefficient (Wildman–Crippen LogP) is 2.66. The third kappa shape index (κ3) is 4.88. The van der Waals surface area contributed by atoms with Gasteiger partial charge in [0.25, 0.3) is 0 Å². The lowest BCUT2D eigenvalue weighted by atomic mass is 10.1. The Morgan fingerprint density at radius 1 is 1.53 bits per heavy atom. The monoisotopic (exact) mass is 254 g/mol. The Bertz CT molecular complexity index is 322. The molecule has 4 heteroatoms. The van der Waals surface area contributed by atoms with Crippen LogP contribution in [-0.4, -0.2) is 31.4 Å². The molecule has 0 saturated carbocycles. The van der Waals surface area contributed by atoms with Gasteiger partial charge in [0.15, 0.2) is 0 Å². The zero-order valence-electron chi connectivity index (χ0n) is 10.9. The summed E-state index contributed by atoms with van der Waals surface area (Å²) in [6.45, 7) is 2.94. The summed E-state index contributed by atoms with van der Waals surface area (Å²) in [6.07, 6.45) is 2.84. The number of carbonyl (C=O) groups excluding carboxylic acids is 1. The highest BCUT2D eigenvalue weighted by Crippen LogP contribution is 2.22. The molecular formula is C13H22N2OS. The van der Waals surface area contributed by atoms with Gasteiger partial charge in [0, 0.05) is 38.0 Å². The molecule has 0 radical (unpaired) electrons. The third-order valence-electron chi connectivity index (χ3n) is 2.69. The number of rotatable bonds is 7. The van der Waals surface area contributed by atoms with Gasteiger partial charge in [-0.25, -0.2) is 0 Å². The maximum atomic E-state index is 11.5. The Labute approximate surface area is 108 Å². The van der Waals surface area contributed by atoms with E-state index >= 15 is 0 Å². The van der Waals surface area contributed by atoms with Gasteiger partial charge in [0.2, 0.25) is 5.91 Å². The van der Waals surface area contributed by atoms with Crippen molar-refractivity contribution >= 4 is 17.2 Å². The lowest BCUT2D eigenvalue weighted by Gasteiger charge is -2.17. The van der Waals surface area contributed by atoms with Crippen molar-refractivity contribution in [2.75, 3.05) is 20.6 Å². The van der Waals surface area contributed by atoms with Crippen molar-refractivity contribution in [3.63, 3.8) is 0 Å². The summed E-state index contributed by atoms with van der Waals surface area (Å²) >= 11 is 1.78. The molecule has 1 heterocycles. The molecule has 96 valence electrons. The summed E-state index contributed by atoms with van der Waals surface area (Å²) < 4.78 is 0. The quantitative estimate of drug-likeness (QED) is 0.811. The van der Waals surface area contributed by atoms with Gasteiger partial charge in [-0.3, -0.25) is 4.79 Å². The first-order chi connectivity index (χ1) is 8.15. The minimum atomic E-state index is 0.180. The van der Waals surface area contributed by atoms with Crippen molar-refractivity contribution < 1.29 is 4.79 Å². The summed E-state index contributed by atoms with van der Waals surface area (Å²) in [6, 6.07) is 4.64. The van der Waals surface area contributed by atoms with Gasteiger partial charge < -0.3 is 10.2 Å². The van der Waals surface area contributed by atoms with Crippen LogP contribution in [0.1, 0.15) is 37.1 Å². The summed E-state index contributed by atoms with van der Waals surface area (Å²) in [5.74, 6) is 0.180. The molecule has 1 amide bonds. The number of nitrogens with zero attached hydrogens (tertiary/aromatic N) is 1. The third-order valence-corrected chi connectivity index (χ3v) is 3.68.